The first kappa shape index (κ1) is 21.5. The third-order valence-electron chi connectivity index (χ3n) is 5.02. The Kier molecular flexibility index (Phi) is 7.12. The van der Waals surface area contributed by atoms with Gasteiger partial charge < -0.3 is 18.8 Å². The normalized spacial score (nSPS) is 18.1. The Morgan fingerprint density at radius 2 is 1.81 bits per heavy atom. The molecule has 1 saturated heterocycles. The molecule has 1 aromatic rings. The molecule has 1 aliphatic heterocycles. The third kappa shape index (κ3) is 5.36. The van der Waals surface area contributed by atoms with Crippen molar-refractivity contribution in [3.63, 3.8) is 0 Å². The lowest BCUT2D eigenvalue weighted by atomic mass is 9.75. The van der Waals surface area contributed by atoms with Gasteiger partial charge in [-0.05, 0) is 70.3 Å². The molecule has 148 valence electrons. The Morgan fingerprint density at radius 3 is 2.41 bits per heavy atom. The first-order valence-electron chi connectivity index (χ1n) is 9.67. The Labute approximate surface area is 163 Å². The van der Waals surface area contributed by atoms with Crippen LogP contribution in [0.15, 0.2) is 24.3 Å². The SMILES string of the molecule is CCCCOc1ccc(B2OC(C)(C)C(C)(C)O2)c(/C=C/C(=O)OCC)c1. The van der Waals surface area contributed by atoms with Crippen LogP contribution in [-0.2, 0) is 18.8 Å². The zero-order valence-electron chi connectivity index (χ0n) is 17.3. The summed E-state index contributed by atoms with van der Waals surface area (Å²) in [5.74, 6) is 0.377. The molecule has 1 fully saturated rings. The fraction of sp³-hybridized carbons (Fsp3) is 0.571. The molecule has 5 nitrogen and oxygen atoms in total. The first-order valence-corrected chi connectivity index (χ1v) is 9.67. The van der Waals surface area contributed by atoms with Crippen molar-refractivity contribution in [3.05, 3.63) is 29.8 Å². The monoisotopic (exact) mass is 374 g/mol. The van der Waals surface area contributed by atoms with E-state index < -0.39 is 18.3 Å². The molecule has 0 bridgehead atoms. The van der Waals surface area contributed by atoms with Crippen molar-refractivity contribution >= 4 is 24.6 Å². The molecular formula is C21H31BO5. The molecule has 0 radical (unpaired) electrons. The smallest absolute Gasteiger partial charge is 0.494 e. The van der Waals surface area contributed by atoms with Crippen LogP contribution >= 0.6 is 0 Å². The molecule has 27 heavy (non-hydrogen) atoms. The van der Waals surface area contributed by atoms with Crippen molar-refractivity contribution in [3.8, 4) is 5.75 Å². The van der Waals surface area contributed by atoms with Crippen LogP contribution in [0.5, 0.6) is 5.75 Å². The Bertz CT molecular complexity index is 665. The Morgan fingerprint density at radius 1 is 1.15 bits per heavy atom. The van der Waals surface area contributed by atoms with Crippen molar-refractivity contribution in [1.29, 1.82) is 0 Å². The molecule has 0 atom stereocenters. The summed E-state index contributed by atoms with van der Waals surface area (Å²) in [6.07, 6.45) is 5.21. The van der Waals surface area contributed by atoms with Gasteiger partial charge in [0, 0.05) is 6.08 Å². The maximum absolute atomic E-state index is 11.7. The number of esters is 1. The standard InChI is InChI=1S/C21H31BO5/c1-7-9-14-25-17-11-12-18(16(15-17)10-13-19(23)24-8-2)22-26-20(3,4)21(5,6)27-22/h10-13,15H,7-9,14H2,1-6H3/b13-10+. The van der Waals surface area contributed by atoms with E-state index in [0.29, 0.717) is 13.2 Å². The zero-order chi connectivity index (χ0) is 20.1. The van der Waals surface area contributed by atoms with Gasteiger partial charge in [0.25, 0.3) is 0 Å². The van der Waals surface area contributed by atoms with Crippen molar-refractivity contribution < 1.29 is 23.6 Å². The summed E-state index contributed by atoms with van der Waals surface area (Å²) >= 11 is 0. The number of hydrogen-bond acceptors (Lipinski definition) is 5. The van der Waals surface area contributed by atoms with E-state index in [4.69, 9.17) is 18.8 Å². The summed E-state index contributed by atoms with van der Waals surface area (Å²) in [6.45, 7) is 13.0. The second kappa shape index (κ2) is 8.94. The van der Waals surface area contributed by atoms with E-state index in [0.717, 1.165) is 29.6 Å². The topological polar surface area (TPSA) is 54.0 Å². The van der Waals surface area contributed by atoms with Crippen LogP contribution in [0.2, 0.25) is 0 Å². The van der Waals surface area contributed by atoms with E-state index in [1.54, 1.807) is 13.0 Å². The van der Waals surface area contributed by atoms with Crippen LogP contribution < -0.4 is 10.2 Å². The van der Waals surface area contributed by atoms with Crippen molar-refractivity contribution in [1.82, 2.24) is 0 Å². The summed E-state index contributed by atoms with van der Waals surface area (Å²) < 4.78 is 23.1. The average molecular weight is 374 g/mol. The summed E-state index contributed by atoms with van der Waals surface area (Å²) in [5, 5.41) is 0. The lowest BCUT2D eigenvalue weighted by molar-refractivity contribution is -0.137. The number of benzene rings is 1. The largest absolute Gasteiger partial charge is 0.495 e. The van der Waals surface area contributed by atoms with Gasteiger partial charge in [-0.25, -0.2) is 4.79 Å². The molecule has 0 aliphatic carbocycles. The summed E-state index contributed by atoms with van der Waals surface area (Å²) in [5.41, 5.74) is 0.805. The number of unbranched alkanes of at least 4 members (excludes halogenated alkanes) is 1. The van der Waals surface area contributed by atoms with E-state index >= 15 is 0 Å². The number of carbonyl (C=O) groups excluding carboxylic acids is 1. The van der Waals surface area contributed by atoms with Crippen molar-refractivity contribution in [2.45, 2.75) is 65.6 Å². The predicted octanol–water partition coefficient (Wildman–Crippen LogP) is 3.74. The van der Waals surface area contributed by atoms with Gasteiger partial charge in [0.05, 0.1) is 24.4 Å². The maximum Gasteiger partial charge on any atom is 0.495 e. The van der Waals surface area contributed by atoms with Gasteiger partial charge in [-0.15, -0.1) is 0 Å². The molecule has 2 rings (SSSR count). The third-order valence-corrected chi connectivity index (χ3v) is 5.02. The van der Waals surface area contributed by atoms with Gasteiger partial charge in [-0.2, -0.15) is 0 Å². The maximum atomic E-state index is 11.7. The van der Waals surface area contributed by atoms with E-state index in [1.165, 1.54) is 6.08 Å². The Balaban J connectivity index is 2.31. The lowest BCUT2D eigenvalue weighted by Crippen LogP contribution is -2.41. The molecule has 1 aromatic carbocycles. The predicted molar refractivity (Wildman–Crippen MR) is 108 cm³/mol. The minimum absolute atomic E-state index is 0.341. The molecule has 0 unspecified atom stereocenters. The highest BCUT2D eigenvalue weighted by Gasteiger charge is 2.52. The van der Waals surface area contributed by atoms with Crippen molar-refractivity contribution in [2.24, 2.45) is 0 Å². The minimum atomic E-state index is -0.512. The number of rotatable bonds is 8. The molecule has 0 aromatic heterocycles. The van der Waals surface area contributed by atoms with Crippen LogP contribution in [0.3, 0.4) is 0 Å². The zero-order valence-corrected chi connectivity index (χ0v) is 17.3. The summed E-state index contributed by atoms with van der Waals surface area (Å²) in [7, 11) is -0.512. The summed E-state index contributed by atoms with van der Waals surface area (Å²) in [6, 6.07) is 5.76. The van der Waals surface area contributed by atoms with Crippen molar-refractivity contribution in [2.75, 3.05) is 13.2 Å². The van der Waals surface area contributed by atoms with Gasteiger partial charge >= 0.3 is 13.1 Å². The van der Waals surface area contributed by atoms with Crippen LogP contribution in [0.4, 0.5) is 0 Å². The minimum Gasteiger partial charge on any atom is -0.494 e. The number of ether oxygens (including phenoxy) is 2. The molecule has 1 heterocycles. The number of hydrogen-bond donors (Lipinski definition) is 0. The lowest BCUT2D eigenvalue weighted by Gasteiger charge is -2.32. The molecule has 0 N–H and O–H groups in total. The fourth-order valence-electron chi connectivity index (χ4n) is 2.65. The first-order chi connectivity index (χ1) is 12.7. The van der Waals surface area contributed by atoms with E-state index in [2.05, 4.69) is 6.92 Å². The quantitative estimate of drug-likeness (QED) is 0.300. The van der Waals surface area contributed by atoms with E-state index in [9.17, 15) is 4.79 Å². The van der Waals surface area contributed by atoms with Gasteiger partial charge in [0.15, 0.2) is 0 Å². The highest BCUT2D eigenvalue weighted by atomic mass is 16.7. The molecular weight excluding hydrogens is 343 g/mol. The number of carbonyl (C=O) groups is 1. The second-order valence-electron chi connectivity index (χ2n) is 7.67. The Hall–Kier alpha value is -1.79. The average Bonchev–Trinajstić information content (AvgIpc) is 2.81. The van der Waals surface area contributed by atoms with Gasteiger partial charge in [-0.1, -0.05) is 19.4 Å². The summed E-state index contributed by atoms with van der Waals surface area (Å²) in [4.78, 5) is 11.7. The van der Waals surface area contributed by atoms with Crippen LogP contribution in [0.1, 0.15) is 59.9 Å². The van der Waals surface area contributed by atoms with E-state index in [1.807, 2.05) is 45.9 Å². The highest BCUT2D eigenvalue weighted by molar-refractivity contribution is 6.63. The fourth-order valence-corrected chi connectivity index (χ4v) is 2.65. The highest BCUT2D eigenvalue weighted by Crippen LogP contribution is 2.37. The second-order valence-corrected chi connectivity index (χ2v) is 7.67. The van der Waals surface area contributed by atoms with Gasteiger partial charge in [0.1, 0.15) is 5.75 Å². The molecule has 6 heteroatoms. The van der Waals surface area contributed by atoms with E-state index in [-0.39, 0.29) is 5.97 Å². The van der Waals surface area contributed by atoms with Crippen LogP contribution in [0, 0.1) is 0 Å². The molecule has 0 amide bonds. The van der Waals surface area contributed by atoms with Crippen LogP contribution in [-0.4, -0.2) is 37.5 Å². The van der Waals surface area contributed by atoms with Crippen LogP contribution in [0.25, 0.3) is 6.08 Å². The van der Waals surface area contributed by atoms with Gasteiger partial charge in [0.2, 0.25) is 0 Å². The molecule has 1 aliphatic rings. The molecule has 0 spiro atoms. The molecule has 0 saturated carbocycles. The van der Waals surface area contributed by atoms with Gasteiger partial charge in [-0.3, -0.25) is 0 Å².